The first-order valence-corrected chi connectivity index (χ1v) is 10.3. The van der Waals surface area contributed by atoms with Gasteiger partial charge in [0.15, 0.2) is 5.16 Å². The van der Waals surface area contributed by atoms with Crippen molar-refractivity contribution in [1.29, 1.82) is 0 Å². The van der Waals surface area contributed by atoms with Crippen molar-refractivity contribution < 1.29 is 0 Å². The number of hydrogen-bond acceptors (Lipinski definition) is 4. The Kier molecular flexibility index (Phi) is 5.72. The van der Waals surface area contributed by atoms with Gasteiger partial charge in [0, 0.05) is 23.5 Å². The molecule has 2 aromatic rings. The van der Waals surface area contributed by atoms with Crippen LogP contribution in [-0.4, -0.2) is 20.1 Å². The van der Waals surface area contributed by atoms with Crippen LogP contribution < -0.4 is 5.56 Å². The van der Waals surface area contributed by atoms with Crippen molar-refractivity contribution in [2.45, 2.75) is 67.1 Å². The predicted octanol–water partition coefficient (Wildman–Crippen LogP) is 4.41. The molecule has 128 valence electrons. The Morgan fingerprint density at radius 2 is 2.12 bits per heavy atom. The summed E-state index contributed by atoms with van der Waals surface area (Å²) in [5.41, 5.74) is 2.40. The summed E-state index contributed by atoms with van der Waals surface area (Å²) in [7, 11) is 0. The largest absolute Gasteiger partial charge is 0.286 e. The zero-order valence-electron chi connectivity index (χ0n) is 14.5. The van der Waals surface area contributed by atoms with Crippen molar-refractivity contribution in [1.82, 2.24) is 9.55 Å². The van der Waals surface area contributed by atoms with Gasteiger partial charge in [0.05, 0.1) is 10.6 Å². The van der Waals surface area contributed by atoms with E-state index < -0.39 is 0 Å². The molecule has 2 atom stereocenters. The van der Waals surface area contributed by atoms with Gasteiger partial charge in [-0.3, -0.25) is 9.36 Å². The summed E-state index contributed by atoms with van der Waals surface area (Å²) in [6.45, 7) is 7.23. The number of thioether (sulfide) groups is 2. The van der Waals surface area contributed by atoms with E-state index in [0.29, 0.717) is 17.0 Å². The Morgan fingerprint density at radius 3 is 2.83 bits per heavy atom. The van der Waals surface area contributed by atoms with Gasteiger partial charge < -0.3 is 0 Å². The van der Waals surface area contributed by atoms with Crippen LogP contribution >= 0.6 is 23.5 Å². The molecule has 0 bridgehead atoms. The zero-order chi connectivity index (χ0) is 17.1. The van der Waals surface area contributed by atoms with Crippen molar-refractivity contribution in [2.75, 3.05) is 0 Å². The summed E-state index contributed by atoms with van der Waals surface area (Å²) in [4.78, 5) is 18.7. The van der Waals surface area contributed by atoms with Gasteiger partial charge in [-0.05, 0) is 18.4 Å². The summed E-state index contributed by atoms with van der Waals surface area (Å²) in [6.07, 6.45) is 2.83. The van der Waals surface area contributed by atoms with Crippen molar-refractivity contribution in [3.8, 4) is 0 Å². The van der Waals surface area contributed by atoms with Crippen molar-refractivity contribution in [2.24, 2.45) is 0 Å². The van der Waals surface area contributed by atoms with Crippen LogP contribution in [0.25, 0.3) is 0 Å². The van der Waals surface area contributed by atoms with Crippen LogP contribution in [0.2, 0.25) is 0 Å². The second kappa shape index (κ2) is 7.79. The Bertz CT molecular complexity index is 758. The van der Waals surface area contributed by atoms with Gasteiger partial charge in [-0.2, -0.15) is 0 Å². The molecule has 0 spiro atoms. The van der Waals surface area contributed by atoms with E-state index in [0.717, 1.165) is 35.0 Å². The number of aromatic nitrogens is 2. The van der Waals surface area contributed by atoms with Crippen molar-refractivity contribution in [3.05, 3.63) is 51.9 Å². The van der Waals surface area contributed by atoms with Crippen LogP contribution in [0.4, 0.5) is 0 Å². The predicted molar refractivity (Wildman–Crippen MR) is 103 cm³/mol. The number of rotatable bonds is 6. The maximum Gasteiger partial charge on any atom is 0.268 e. The van der Waals surface area contributed by atoms with Gasteiger partial charge >= 0.3 is 0 Å². The fourth-order valence-electron chi connectivity index (χ4n) is 2.77. The van der Waals surface area contributed by atoms with E-state index >= 15 is 0 Å². The highest BCUT2D eigenvalue weighted by atomic mass is 32.2. The normalized spacial score (nSPS) is 17.7. The lowest BCUT2D eigenvalue weighted by molar-refractivity contribution is 0.563. The number of fused-ring (bicyclic) bond motifs is 1. The topological polar surface area (TPSA) is 34.9 Å². The van der Waals surface area contributed by atoms with Gasteiger partial charge in [-0.1, -0.05) is 62.9 Å². The minimum atomic E-state index is 0.149. The first-order valence-electron chi connectivity index (χ1n) is 8.59. The second-order valence-electron chi connectivity index (χ2n) is 6.33. The fraction of sp³-hybridized carbons (Fsp3) is 0.474. The van der Waals surface area contributed by atoms with Crippen LogP contribution in [0, 0.1) is 0 Å². The lowest BCUT2D eigenvalue weighted by Crippen LogP contribution is -2.26. The standard InChI is InChI=1S/C19H24N2OS2/c1-4-13(2)24-19-20-16-12-14(3)23-17(16)18(22)21(19)11-10-15-8-6-5-7-9-15/h5-9,13-14H,4,10-12H2,1-3H3/t13-,14-/m1/s1. The highest BCUT2D eigenvalue weighted by Gasteiger charge is 2.26. The first-order chi connectivity index (χ1) is 11.6. The monoisotopic (exact) mass is 360 g/mol. The van der Waals surface area contributed by atoms with Crippen LogP contribution in [0.3, 0.4) is 0 Å². The maximum absolute atomic E-state index is 13.0. The van der Waals surface area contributed by atoms with E-state index in [9.17, 15) is 4.79 Å². The molecule has 1 aliphatic rings. The van der Waals surface area contributed by atoms with E-state index in [1.54, 1.807) is 23.5 Å². The number of nitrogens with zero attached hydrogens (tertiary/aromatic N) is 2. The van der Waals surface area contributed by atoms with Crippen LogP contribution in [0.5, 0.6) is 0 Å². The van der Waals surface area contributed by atoms with Gasteiger partial charge in [-0.25, -0.2) is 4.98 Å². The SMILES string of the molecule is CC[C@@H](C)Sc1nc2c(c(=O)n1CCc1ccccc1)S[C@H](C)C2. The van der Waals surface area contributed by atoms with Crippen molar-refractivity contribution in [3.63, 3.8) is 0 Å². The minimum absolute atomic E-state index is 0.149. The number of benzene rings is 1. The van der Waals surface area contributed by atoms with Crippen molar-refractivity contribution >= 4 is 23.5 Å². The third kappa shape index (κ3) is 3.89. The Morgan fingerprint density at radius 1 is 1.38 bits per heavy atom. The van der Waals surface area contributed by atoms with E-state index in [1.807, 2.05) is 22.8 Å². The first kappa shape index (κ1) is 17.6. The molecule has 0 saturated carbocycles. The molecule has 1 aliphatic heterocycles. The molecule has 1 aromatic heterocycles. The van der Waals surface area contributed by atoms with E-state index in [1.165, 1.54) is 5.56 Å². The number of aryl methyl sites for hydroxylation is 1. The molecule has 0 radical (unpaired) electrons. The molecule has 5 heteroatoms. The second-order valence-corrected chi connectivity index (χ2v) is 9.19. The molecule has 0 unspecified atom stereocenters. The summed E-state index contributed by atoms with van der Waals surface area (Å²) < 4.78 is 1.90. The summed E-state index contributed by atoms with van der Waals surface area (Å²) in [6, 6.07) is 10.3. The summed E-state index contributed by atoms with van der Waals surface area (Å²) in [5, 5.41) is 1.80. The minimum Gasteiger partial charge on any atom is -0.286 e. The van der Waals surface area contributed by atoms with E-state index in [-0.39, 0.29) is 5.56 Å². The highest BCUT2D eigenvalue weighted by molar-refractivity contribution is 8.00. The smallest absolute Gasteiger partial charge is 0.268 e. The van der Waals surface area contributed by atoms with Crippen LogP contribution in [-0.2, 0) is 19.4 Å². The lowest BCUT2D eigenvalue weighted by atomic mass is 10.1. The third-order valence-corrected chi connectivity index (χ3v) is 6.78. The maximum atomic E-state index is 13.0. The van der Waals surface area contributed by atoms with Gasteiger partial charge in [0.2, 0.25) is 0 Å². The van der Waals surface area contributed by atoms with Gasteiger partial charge in [0.1, 0.15) is 0 Å². The molecule has 0 N–H and O–H groups in total. The van der Waals surface area contributed by atoms with Crippen LogP contribution in [0.1, 0.15) is 38.4 Å². The quantitative estimate of drug-likeness (QED) is 0.564. The molecule has 24 heavy (non-hydrogen) atoms. The molecule has 3 nitrogen and oxygen atoms in total. The average molecular weight is 361 g/mol. The summed E-state index contributed by atoms with van der Waals surface area (Å²) in [5.74, 6) is 0. The summed E-state index contributed by atoms with van der Waals surface area (Å²) >= 11 is 3.41. The highest BCUT2D eigenvalue weighted by Crippen LogP contribution is 2.35. The molecule has 0 saturated heterocycles. The van der Waals surface area contributed by atoms with Gasteiger partial charge in [-0.15, -0.1) is 11.8 Å². The number of hydrogen-bond donors (Lipinski definition) is 0. The molecule has 3 rings (SSSR count). The van der Waals surface area contributed by atoms with Gasteiger partial charge in [0.25, 0.3) is 5.56 Å². The Labute approximate surface area is 152 Å². The zero-order valence-corrected chi connectivity index (χ0v) is 16.1. The third-order valence-electron chi connectivity index (χ3n) is 4.31. The molecule has 1 aromatic carbocycles. The molecule has 2 heterocycles. The molecular formula is C19H24N2OS2. The Hall–Kier alpha value is -1.20. The fourth-order valence-corrected chi connectivity index (χ4v) is 4.88. The average Bonchev–Trinajstić information content (AvgIpc) is 2.96. The Balaban J connectivity index is 1.93. The van der Waals surface area contributed by atoms with E-state index in [4.69, 9.17) is 4.98 Å². The molecule has 0 aliphatic carbocycles. The molecular weight excluding hydrogens is 336 g/mol. The van der Waals surface area contributed by atoms with E-state index in [2.05, 4.69) is 32.9 Å². The molecule has 0 amide bonds. The molecule has 0 fully saturated rings. The van der Waals surface area contributed by atoms with Crippen LogP contribution in [0.15, 0.2) is 45.2 Å². The lowest BCUT2D eigenvalue weighted by Gasteiger charge is -2.16.